The minimum absolute atomic E-state index is 0.0637. The lowest BCUT2D eigenvalue weighted by Crippen LogP contribution is -2.39. The molecule has 2 aromatic carbocycles. The highest BCUT2D eigenvalue weighted by Crippen LogP contribution is 2.49. The van der Waals surface area contributed by atoms with E-state index in [0.29, 0.717) is 48.1 Å². The van der Waals surface area contributed by atoms with Gasteiger partial charge in [0.25, 0.3) is 17.7 Å². The summed E-state index contributed by atoms with van der Waals surface area (Å²) in [6.45, 7) is 9.88. The summed E-state index contributed by atoms with van der Waals surface area (Å²) in [5, 5.41) is 1.83. The molecule has 0 saturated carbocycles. The average Bonchev–Trinajstić information content (AvgIpc) is 3.79. The number of aliphatic imine (C=N–C) groups is 1. The van der Waals surface area contributed by atoms with Crippen LogP contribution in [0.1, 0.15) is 78.2 Å². The molecule has 15 heteroatoms. The number of allylic oxidation sites excluding steroid dienone is 8. The third-order valence-electron chi connectivity index (χ3n) is 11.4. The topological polar surface area (TPSA) is 153 Å². The van der Waals surface area contributed by atoms with Crippen molar-refractivity contribution in [3.8, 4) is 5.75 Å². The maximum Gasteiger partial charge on any atom is 0.333 e. The molecule has 1 fully saturated rings. The van der Waals surface area contributed by atoms with Gasteiger partial charge in [-0.2, -0.15) is 5.06 Å². The van der Waals surface area contributed by atoms with E-state index in [4.69, 9.17) is 14.7 Å². The van der Waals surface area contributed by atoms with Gasteiger partial charge in [-0.15, -0.1) is 5.06 Å². The summed E-state index contributed by atoms with van der Waals surface area (Å²) in [4.78, 5) is 70.6. The fourth-order valence-electron chi connectivity index (χ4n) is 7.98. The van der Waals surface area contributed by atoms with Crippen LogP contribution in [-0.2, 0) is 29.4 Å². The van der Waals surface area contributed by atoms with Crippen molar-refractivity contribution in [3.05, 3.63) is 126 Å². The van der Waals surface area contributed by atoms with Gasteiger partial charge < -0.3 is 28.6 Å². The van der Waals surface area contributed by atoms with E-state index in [1.54, 1.807) is 19.2 Å². The number of imide groups is 1. The van der Waals surface area contributed by atoms with E-state index in [2.05, 4.69) is 43.6 Å². The Morgan fingerprint density at radius 3 is 2.35 bits per heavy atom. The molecule has 13 nitrogen and oxygen atoms in total. The predicted octanol–water partition coefficient (Wildman–Crippen LogP) is 9.05. The third kappa shape index (κ3) is 10.6. The summed E-state index contributed by atoms with van der Waals surface area (Å²) < 4.78 is 19.2. The molecule has 62 heavy (non-hydrogen) atoms. The smallest absolute Gasteiger partial charge is 0.333 e. The number of benzene rings is 2. The molecule has 6 rings (SSSR count). The molecule has 0 aromatic heterocycles. The molecule has 0 bridgehead atoms. The molecule has 1 unspecified atom stereocenters. The normalized spacial score (nSPS) is 19.7. The van der Waals surface area contributed by atoms with Crippen LogP contribution in [0.25, 0.3) is 0 Å². The number of hydrogen-bond acceptors (Lipinski definition) is 13. The molecule has 0 radical (unpaired) electrons. The number of rotatable bonds is 19. The summed E-state index contributed by atoms with van der Waals surface area (Å²) in [6, 6.07) is 15.1. The van der Waals surface area contributed by atoms with Gasteiger partial charge in [0.1, 0.15) is 6.17 Å². The highest BCUT2D eigenvalue weighted by Gasteiger charge is 2.44. The lowest BCUT2D eigenvalue weighted by Gasteiger charge is -2.34. The van der Waals surface area contributed by atoms with E-state index < -0.39 is 23.2 Å². The quantitative estimate of drug-likeness (QED) is 0.0455. The number of fused-ring (bicyclic) bond motifs is 2. The molecule has 1 atom stereocenters. The fourth-order valence-corrected chi connectivity index (χ4v) is 8.54. The summed E-state index contributed by atoms with van der Waals surface area (Å²) in [7, 11) is 1.60. The van der Waals surface area contributed by atoms with Gasteiger partial charge in [-0.05, 0) is 91.0 Å². The monoisotopic (exact) mass is 881 g/mol. The second kappa shape index (κ2) is 20.7. The number of carbonyl (C=O) groups excluding carboxylic acids is 4. The van der Waals surface area contributed by atoms with Crippen molar-refractivity contribution in [1.29, 1.82) is 0 Å². The maximum absolute atomic E-state index is 13.6. The first kappa shape index (κ1) is 46.2. The Labute approximate surface area is 372 Å². The van der Waals surface area contributed by atoms with Gasteiger partial charge in [-0.25, -0.2) is 4.79 Å². The van der Waals surface area contributed by atoms with Gasteiger partial charge in [-0.3, -0.25) is 19.4 Å². The molecule has 4 aliphatic rings. The second-order valence-electron chi connectivity index (χ2n) is 16.4. The van der Waals surface area contributed by atoms with Crippen molar-refractivity contribution in [2.45, 2.75) is 89.1 Å². The third-order valence-corrected chi connectivity index (χ3v) is 12.3. The Hall–Kier alpha value is -5.35. The van der Waals surface area contributed by atoms with Crippen molar-refractivity contribution in [1.82, 2.24) is 15.0 Å². The second-order valence-corrected chi connectivity index (χ2v) is 17.7. The number of amides is 3. The van der Waals surface area contributed by atoms with Crippen LogP contribution in [-0.4, -0.2) is 85.6 Å². The van der Waals surface area contributed by atoms with Gasteiger partial charge >= 0.3 is 5.97 Å². The highest BCUT2D eigenvalue weighted by molar-refractivity contribution is 7.94. The fraction of sp³-hybridized carbons (Fsp3) is 0.383. The van der Waals surface area contributed by atoms with E-state index >= 15 is 0 Å². The van der Waals surface area contributed by atoms with Crippen LogP contribution in [0.4, 0.5) is 5.69 Å². The molecule has 1 saturated heterocycles. The molecule has 2 N–H and O–H groups in total. The summed E-state index contributed by atoms with van der Waals surface area (Å²) in [5.41, 5.74) is 4.85. The van der Waals surface area contributed by atoms with Crippen molar-refractivity contribution >= 4 is 59.2 Å². The minimum atomic E-state index is -0.589. The van der Waals surface area contributed by atoms with Gasteiger partial charge in [0.05, 0.1) is 5.57 Å². The molecule has 0 aliphatic carbocycles. The van der Waals surface area contributed by atoms with E-state index in [1.165, 1.54) is 5.06 Å². The molecule has 0 spiro atoms. The molecule has 4 heterocycles. The van der Waals surface area contributed by atoms with E-state index in [0.717, 1.165) is 70.1 Å². The first-order chi connectivity index (χ1) is 29.8. The lowest BCUT2D eigenvalue weighted by atomic mass is 9.78. The van der Waals surface area contributed by atoms with Crippen molar-refractivity contribution in [2.75, 3.05) is 30.8 Å². The maximum atomic E-state index is 13.6. The first-order valence-corrected chi connectivity index (χ1v) is 22.6. The van der Waals surface area contributed by atoms with Crippen LogP contribution in [0.3, 0.4) is 0 Å². The van der Waals surface area contributed by atoms with E-state index in [9.17, 15) is 28.3 Å². The Kier molecular flexibility index (Phi) is 15.4. The molecule has 4 aliphatic heterocycles. The van der Waals surface area contributed by atoms with Crippen molar-refractivity contribution in [3.63, 3.8) is 0 Å². The van der Waals surface area contributed by atoms with Gasteiger partial charge in [0, 0.05) is 96.2 Å². The molecule has 328 valence electrons. The highest BCUT2D eigenvalue weighted by atomic mass is 32.2. The van der Waals surface area contributed by atoms with E-state index in [-0.39, 0.29) is 36.8 Å². The zero-order chi connectivity index (χ0) is 44.4. The van der Waals surface area contributed by atoms with Crippen molar-refractivity contribution in [2.24, 2.45) is 10.4 Å². The van der Waals surface area contributed by atoms with Crippen molar-refractivity contribution < 1.29 is 38.0 Å². The number of anilines is 1. The molecule has 2 aromatic rings. The Morgan fingerprint density at radius 2 is 1.63 bits per heavy atom. The van der Waals surface area contributed by atoms with Crippen LogP contribution in [0, 0.1) is 5.41 Å². The summed E-state index contributed by atoms with van der Waals surface area (Å²) in [5.74, 6) is -0.712. The number of nitrogens with zero attached hydrogens (tertiary/aromatic N) is 5. The van der Waals surface area contributed by atoms with Crippen LogP contribution in [0.15, 0.2) is 130 Å². The van der Waals surface area contributed by atoms with Crippen LogP contribution >= 0.6 is 24.1 Å². The molecular formula is C47H55N5O8S2. The number of hydrogen-bond donors (Lipinski definition) is 2. The van der Waals surface area contributed by atoms with Gasteiger partial charge in [0.2, 0.25) is 0 Å². The first-order valence-electron chi connectivity index (χ1n) is 20.8. The van der Waals surface area contributed by atoms with Gasteiger partial charge in [-0.1, -0.05) is 82.7 Å². The Bertz CT molecular complexity index is 2210. The minimum Gasteiger partial charge on any atom is -0.377 e. The SMILES string of the molecule is CN(Oc1ccccc1)C(=O)C1=CN(CCCSO)C2N=C(/C=C/C=C/C=C/C=C3/N(CCCCCC(=O)ON4C(=O)CCC4=O)c4ccc(SO)cc4C3(C)C)C(C)(C)C2=C1. The largest absolute Gasteiger partial charge is 0.377 e. The number of carbonyl (C=O) groups is 4. The number of para-hydroxylation sites is 1. The Morgan fingerprint density at radius 1 is 0.903 bits per heavy atom. The summed E-state index contributed by atoms with van der Waals surface area (Å²) >= 11 is 1.53. The number of likely N-dealkylation sites (N-methyl/N-ethyl adjacent to an activating group) is 1. The van der Waals surface area contributed by atoms with Crippen LogP contribution in [0.5, 0.6) is 5.75 Å². The van der Waals surface area contributed by atoms with Crippen LogP contribution in [0.2, 0.25) is 0 Å². The van der Waals surface area contributed by atoms with E-state index in [1.807, 2.05) is 85.1 Å². The standard InChI is InChI=1S/C47H55N5O8S2/c1-46(2)37-30-33(45(56)49(5)59-34-18-11-9-12-19-34)32-50(27-17-29-61-57)44(37)48-39(46)20-13-7-6-8-14-21-40-47(3,4)36-31-35(62-58)23-24-38(36)51(40)28-16-10-15-22-43(55)60-52-41(53)25-26-42(52)54/h6-9,11-14,18-21,23-24,30-32,44,57-58H,10,15-17,22,25-29H2,1-5H3/b7-6+,14-8+,20-13+,40-21+. The lowest BCUT2D eigenvalue weighted by molar-refractivity contribution is -0.197. The Balaban J connectivity index is 1.10. The predicted molar refractivity (Wildman–Crippen MR) is 244 cm³/mol. The zero-order valence-electron chi connectivity index (χ0n) is 35.9. The average molecular weight is 882 g/mol. The summed E-state index contributed by atoms with van der Waals surface area (Å²) in [6.07, 6.45) is 20.5. The van der Waals surface area contributed by atoms with Crippen LogP contribution < -0.4 is 9.74 Å². The number of hydroxylamine groups is 4. The number of unbranched alkanes of at least 4 members (excludes halogenated alkanes) is 2. The zero-order valence-corrected chi connectivity index (χ0v) is 37.5. The van der Waals surface area contributed by atoms with Gasteiger partial charge in [0.15, 0.2) is 5.75 Å². The molecular weight excluding hydrogens is 827 g/mol. The molecule has 3 amide bonds.